The highest BCUT2D eigenvalue weighted by Gasteiger charge is 2.14. The van der Waals surface area contributed by atoms with Crippen LogP contribution in [0, 0.1) is 5.41 Å². The highest BCUT2D eigenvalue weighted by Crippen LogP contribution is 2.27. The molecule has 0 saturated carbocycles. The summed E-state index contributed by atoms with van der Waals surface area (Å²) in [6.45, 7) is 21.8. The van der Waals surface area contributed by atoms with Gasteiger partial charge in [-0.15, -0.1) is 0 Å². The van der Waals surface area contributed by atoms with Gasteiger partial charge in [-0.1, -0.05) is 56.4 Å². The average Bonchev–Trinajstić information content (AvgIpc) is 2.89. The van der Waals surface area contributed by atoms with Crippen molar-refractivity contribution in [3.63, 3.8) is 0 Å². The van der Waals surface area contributed by atoms with Gasteiger partial charge in [0.25, 0.3) is 0 Å². The summed E-state index contributed by atoms with van der Waals surface area (Å²) in [7, 11) is 1.75. The fourth-order valence-corrected chi connectivity index (χ4v) is 4.12. The number of rotatable bonds is 15. The van der Waals surface area contributed by atoms with Gasteiger partial charge in [0.05, 0.1) is 12.7 Å². The van der Waals surface area contributed by atoms with Crippen LogP contribution in [0.5, 0.6) is 0 Å². The van der Waals surface area contributed by atoms with Crippen molar-refractivity contribution in [1.29, 1.82) is 5.41 Å². The standard InChI is InChI=1S/C33H48N2O2/c1-11-15-33(35-22-27-16-17-30(26(9)36-10)28(12-2)20-27)32(21-34)31(18-23(5)6)25(8)24(7)19-29(13-3)37-14-4/h13,15-21,26,34-35H,3,11-12,14,22H2,1-2,4-10H3/b25-24+,29-19+,32-31+,33-15+,34-21?. The molecule has 1 unspecified atom stereocenters. The number of hydrogen-bond donors (Lipinski definition) is 2. The Labute approximate surface area is 226 Å². The van der Waals surface area contributed by atoms with Crippen molar-refractivity contribution >= 4 is 6.21 Å². The number of methoxy groups -OCH3 is 1. The molecule has 0 saturated heterocycles. The Morgan fingerprint density at radius 2 is 1.78 bits per heavy atom. The van der Waals surface area contributed by atoms with Crippen molar-refractivity contribution < 1.29 is 9.47 Å². The highest BCUT2D eigenvalue weighted by molar-refractivity contribution is 5.86. The number of nitrogens with one attached hydrogen (secondary N) is 2. The monoisotopic (exact) mass is 504 g/mol. The molecule has 0 heterocycles. The van der Waals surface area contributed by atoms with E-state index >= 15 is 0 Å². The van der Waals surface area contributed by atoms with Gasteiger partial charge in [0.15, 0.2) is 0 Å². The number of benzene rings is 1. The van der Waals surface area contributed by atoms with Gasteiger partial charge in [-0.05, 0) is 99.9 Å². The number of ether oxygens (including phenoxy) is 2. The molecule has 1 aromatic rings. The molecule has 1 atom stereocenters. The Morgan fingerprint density at radius 1 is 1.08 bits per heavy atom. The van der Waals surface area contributed by atoms with Gasteiger partial charge in [0.1, 0.15) is 5.76 Å². The van der Waals surface area contributed by atoms with Crippen LogP contribution in [-0.4, -0.2) is 19.9 Å². The lowest BCUT2D eigenvalue weighted by Gasteiger charge is -2.19. The van der Waals surface area contributed by atoms with Crippen LogP contribution in [0.25, 0.3) is 0 Å². The molecule has 4 nitrogen and oxygen atoms in total. The van der Waals surface area contributed by atoms with Crippen LogP contribution >= 0.6 is 0 Å². The van der Waals surface area contributed by atoms with E-state index in [1.54, 1.807) is 13.2 Å². The summed E-state index contributed by atoms with van der Waals surface area (Å²) in [6.07, 6.45) is 11.4. The van der Waals surface area contributed by atoms with E-state index in [1.807, 2.05) is 13.0 Å². The topological polar surface area (TPSA) is 54.3 Å². The number of aryl methyl sites for hydroxylation is 1. The first-order valence-corrected chi connectivity index (χ1v) is 13.3. The Balaban J connectivity index is 3.55. The summed E-state index contributed by atoms with van der Waals surface area (Å²) in [5, 5.41) is 12.0. The molecule has 0 amide bonds. The van der Waals surface area contributed by atoms with Crippen LogP contribution in [-0.2, 0) is 22.4 Å². The van der Waals surface area contributed by atoms with E-state index < -0.39 is 0 Å². The van der Waals surface area contributed by atoms with Gasteiger partial charge < -0.3 is 20.2 Å². The summed E-state index contributed by atoms with van der Waals surface area (Å²) in [5.74, 6) is 0.743. The lowest BCUT2D eigenvalue weighted by atomic mass is 9.93. The fraction of sp³-hybridized carbons (Fsp3) is 0.424. The molecule has 2 N–H and O–H groups in total. The molecular weight excluding hydrogens is 456 g/mol. The lowest BCUT2D eigenvalue weighted by Crippen LogP contribution is -2.17. The second kappa shape index (κ2) is 16.6. The second-order valence-electron chi connectivity index (χ2n) is 9.33. The number of allylic oxidation sites excluding steroid dienone is 9. The summed E-state index contributed by atoms with van der Waals surface area (Å²) < 4.78 is 11.2. The predicted octanol–water partition coefficient (Wildman–Crippen LogP) is 8.70. The largest absolute Gasteiger partial charge is 0.494 e. The van der Waals surface area contributed by atoms with E-state index in [0.717, 1.165) is 46.6 Å². The van der Waals surface area contributed by atoms with Gasteiger partial charge in [-0.25, -0.2) is 0 Å². The zero-order chi connectivity index (χ0) is 28.0. The SMILES string of the molecule is C=C\C(=C/C(C)=C(C)/C(C=C(C)C)=C(C=N)/C(=C\CC)NCc1ccc(C(C)OC)c(CC)c1)OCC. The summed E-state index contributed by atoms with van der Waals surface area (Å²) in [5.41, 5.74) is 9.93. The smallest absolute Gasteiger partial charge is 0.118 e. The van der Waals surface area contributed by atoms with Crippen LogP contribution < -0.4 is 5.32 Å². The average molecular weight is 505 g/mol. The fourth-order valence-electron chi connectivity index (χ4n) is 4.12. The molecule has 0 aliphatic heterocycles. The van der Waals surface area contributed by atoms with Gasteiger partial charge in [0.2, 0.25) is 0 Å². The minimum Gasteiger partial charge on any atom is -0.494 e. The van der Waals surface area contributed by atoms with E-state index in [0.29, 0.717) is 13.2 Å². The first-order valence-electron chi connectivity index (χ1n) is 13.3. The van der Waals surface area contributed by atoms with Crippen molar-refractivity contribution in [3.05, 3.63) is 105 Å². The minimum atomic E-state index is 0.0722. The van der Waals surface area contributed by atoms with Gasteiger partial charge in [-0.2, -0.15) is 0 Å². The van der Waals surface area contributed by atoms with Crippen molar-refractivity contribution in [2.75, 3.05) is 13.7 Å². The van der Waals surface area contributed by atoms with Gasteiger partial charge in [-0.3, -0.25) is 0 Å². The van der Waals surface area contributed by atoms with E-state index in [4.69, 9.17) is 14.9 Å². The van der Waals surface area contributed by atoms with E-state index in [-0.39, 0.29) is 6.10 Å². The molecule has 0 bridgehead atoms. The maximum absolute atomic E-state index is 8.38. The summed E-state index contributed by atoms with van der Waals surface area (Å²) in [6, 6.07) is 6.60. The maximum Gasteiger partial charge on any atom is 0.118 e. The third-order valence-electron chi connectivity index (χ3n) is 6.30. The molecule has 0 spiro atoms. The van der Waals surface area contributed by atoms with Gasteiger partial charge >= 0.3 is 0 Å². The van der Waals surface area contributed by atoms with Crippen LogP contribution in [0.1, 0.15) is 84.6 Å². The quantitative estimate of drug-likeness (QED) is 0.143. The Morgan fingerprint density at radius 3 is 2.30 bits per heavy atom. The zero-order valence-corrected chi connectivity index (χ0v) is 24.5. The Bertz CT molecular complexity index is 1080. The molecule has 0 aliphatic carbocycles. The first kappa shape index (κ1) is 31.9. The van der Waals surface area contributed by atoms with Crippen LogP contribution in [0.3, 0.4) is 0 Å². The molecule has 0 radical (unpaired) electrons. The van der Waals surface area contributed by atoms with Crippen molar-refractivity contribution in [1.82, 2.24) is 5.32 Å². The number of hydrogen-bond acceptors (Lipinski definition) is 4. The third-order valence-corrected chi connectivity index (χ3v) is 6.30. The normalized spacial score (nSPS) is 14.3. The predicted molar refractivity (Wildman–Crippen MR) is 160 cm³/mol. The van der Waals surface area contributed by atoms with Crippen molar-refractivity contribution in [3.8, 4) is 0 Å². The molecule has 37 heavy (non-hydrogen) atoms. The molecule has 4 heteroatoms. The Hall–Kier alpha value is -3.11. The van der Waals surface area contributed by atoms with Crippen LogP contribution in [0.4, 0.5) is 0 Å². The Kier molecular flexibility index (Phi) is 14.3. The molecule has 0 fully saturated rings. The minimum absolute atomic E-state index is 0.0722. The van der Waals surface area contributed by atoms with Crippen molar-refractivity contribution in [2.24, 2.45) is 0 Å². The summed E-state index contributed by atoms with van der Waals surface area (Å²) in [4.78, 5) is 0. The van der Waals surface area contributed by atoms with E-state index in [1.165, 1.54) is 28.5 Å². The highest BCUT2D eigenvalue weighted by atomic mass is 16.5. The zero-order valence-electron chi connectivity index (χ0n) is 24.5. The third kappa shape index (κ3) is 9.70. The van der Waals surface area contributed by atoms with Crippen LogP contribution in [0.2, 0.25) is 0 Å². The first-order chi connectivity index (χ1) is 17.7. The second-order valence-corrected chi connectivity index (χ2v) is 9.33. The van der Waals surface area contributed by atoms with Crippen molar-refractivity contribution in [2.45, 2.75) is 80.9 Å². The summed E-state index contributed by atoms with van der Waals surface area (Å²) >= 11 is 0. The molecule has 202 valence electrons. The molecule has 1 aromatic carbocycles. The maximum atomic E-state index is 8.38. The van der Waals surface area contributed by atoms with E-state index in [9.17, 15) is 0 Å². The molecular formula is C33H48N2O2. The molecule has 0 aromatic heterocycles. The van der Waals surface area contributed by atoms with E-state index in [2.05, 4.69) is 90.7 Å². The lowest BCUT2D eigenvalue weighted by molar-refractivity contribution is 0.119. The molecule has 0 aliphatic rings. The van der Waals surface area contributed by atoms with Gasteiger partial charge in [0, 0.05) is 31.1 Å². The molecule has 1 rings (SSSR count). The van der Waals surface area contributed by atoms with Crippen LogP contribution in [0.15, 0.2) is 88.4 Å².